The van der Waals surface area contributed by atoms with Crippen molar-refractivity contribution in [3.63, 3.8) is 0 Å². The standard InChI is InChI=1S/C22H21N3O5S/c1-29-19-11-9-18(10-12-19)25-31(27,28)21-8-4-6-17(14-21)22(26)24-23-15-16-5-3-7-20(13-16)30-2/h3-15,25H,1-2H3,(H,24,26)/b23-15-. The Morgan fingerprint density at radius 2 is 1.61 bits per heavy atom. The minimum atomic E-state index is -3.88. The molecule has 0 radical (unpaired) electrons. The maximum atomic E-state index is 12.7. The Hall–Kier alpha value is -3.85. The van der Waals surface area contributed by atoms with Crippen molar-refractivity contribution >= 4 is 27.8 Å². The van der Waals surface area contributed by atoms with E-state index in [9.17, 15) is 13.2 Å². The summed E-state index contributed by atoms with van der Waals surface area (Å²) in [4.78, 5) is 12.3. The number of hydrogen-bond acceptors (Lipinski definition) is 6. The van der Waals surface area contributed by atoms with Gasteiger partial charge in [0, 0.05) is 11.3 Å². The van der Waals surface area contributed by atoms with Crippen LogP contribution in [0, 0.1) is 0 Å². The van der Waals surface area contributed by atoms with Gasteiger partial charge in [-0.25, -0.2) is 13.8 Å². The minimum absolute atomic E-state index is 0.0484. The third-order valence-electron chi connectivity index (χ3n) is 4.22. The van der Waals surface area contributed by atoms with Crippen LogP contribution >= 0.6 is 0 Å². The van der Waals surface area contributed by atoms with E-state index in [-0.39, 0.29) is 10.5 Å². The number of amides is 1. The lowest BCUT2D eigenvalue weighted by atomic mass is 10.2. The number of nitrogens with one attached hydrogen (secondary N) is 2. The van der Waals surface area contributed by atoms with Crippen LogP contribution < -0.4 is 19.6 Å². The predicted molar refractivity (Wildman–Crippen MR) is 118 cm³/mol. The van der Waals surface area contributed by atoms with Gasteiger partial charge in [-0.3, -0.25) is 9.52 Å². The van der Waals surface area contributed by atoms with E-state index in [1.54, 1.807) is 55.6 Å². The minimum Gasteiger partial charge on any atom is -0.497 e. The van der Waals surface area contributed by atoms with Crippen LogP contribution in [0.15, 0.2) is 82.8 Å². The second kappa shape index (κ2) is 9.77. The molecule has 0 unspecified atom stereocenters. The van der Waals surface area contributed by atoms with Gasteiger partial charge >= 0.3 is 0 Å². The molecular weight excluding hydrogens is 418 g/mol. The summed E-state index contributed by atoms with van der Waals surface area (Å²) in [7, 11) is -0.801. The first-order valence-corrected chi connectivity index (χ1v) is 10.6. The zero-order valence-corrected chi connectivity index (χ0v) is 17.7. The lowest BCUT2D eigenvalue weighted by Gasteiger charge is -2.10. The highest BCUT2D eigenvalue weighted by molar-refractivity contribution is 7.92. The Morgan fingerprint density at radius 3 is 2.32 bits per heavy atom. The molecular formula is C22H21N3O5S. The first-order chi connectivity index (χ1) is 14.9. The van der Waals surface area contributed by atoms with Gasteiger partial charge < -0.3 is 9.47 Å². The summed E-state index contributed by atoms with van der Waals surface area (Å²) >= 11 is 0. The third kappa shape index (κ3) is 5.83. The van der Waals surface area contributed by atoms with Gasteiger partial charge in [0.1, 0.15) is 11.5 Å². The van der Waals surface area contributed by atoms with E-state index in [4.69, 9.17) is 9.47 Å². The van der Waals surface area contributed by atoms with E-state index >= 15 is 0 Å². The predicted octanol–water partition coefficient (Wildman–Crippen LogP) is 3.27. The van der Waals surface area contributed by atoms with Crippen LogP contribution in [0.4, 0.5) is 5.69 Å². The molecule has 160 valence electrons. The molecule has 0 saturated heterocycles. The highest BCUT2D eigenvalue weighted by Crippen LogP contribution is 2.20. The molecule has 3 aromatic carbocycles. The zero-order valence-electron chi connectivity index (χ0n) is 16.9. The second-order valence-electron chi connectivity index (χ2n) is 6.34. The highest BCUT2D eigenvalue weighted by Gasteiger charge is 2.16. The molecule has 31 heavy (non-hydrogen) atoms. The maximum Gasteiger partial charge on any atom is 0.271 e. The number of ether oxygens (including phenoxy) is 2. The first kappa shape index (κ1) is 21.8. The summed E-state index contributed by atoms with van der Waals surface area (Å²) in [6.45, 7) is 0. The summed E-state index contributed by atoms with van der Waals surface area (Å²) in [5, 5.41) is 3.91. The summed E-state index contributed by atoms with van der Waals surface area (Å²) in [5.41, 5.74) is 3.65. The molecule has 0 bridgehead atoms. The van der Waals surface area contributed by atoms with Gasteiger partial charge in [-0.15, -0.1) is 0 Å². The van der Waals surface area contributed by atoms with Crippen molar-refractivity contribution < 1.29 is 22.7 Å². The summed E-state index contributed by atoms with van der Waals surface area (Å²) in [6.07, 6.45) is 1.46. The summed E-state index contributed by atoms with van der Waals surface area (Å²) in [5.74, 6) is 0.731. The quantitative estimate of drug-likeness (QED) is 0.414. The molecule has 3 rings (SSSR count). The molecule has 2 N–H and O–H groups in total. The number of hydrazone groups is 1. The highest BCUT2D eigenvalue weighted by atomic mass is 32.2. The van der Waals surface area contributed by atoms with E-state index in [0.717, 1.165) is 5.56 Å². The average Bonchev–Trinajstić information content (AvgIpc) is 2.79. The Kier molecular flexibility index (Phi) is 6.88. The molecule has 8 nitrogen and oxygen atoms in total. The number of benzene rings is 3. The van der Waals surface area contributed by atoms with Crippen LogP contribution in [0.2, 0.25) is 0 Å². The summed E-state index contributed by atoms with van der Waals surface area (Å²) in [6, 6.07) is 19.3. The number of carbonyl (C=O) groups is 1. The molecule has 9 heteroatoms. The van der Waals surface area contributed by atoms with E-state index < -0.39 is 15.9 Å². The molecule has 0 atom stereocenters. The maximum absolute atomic E-state index is 12.7. The average molecular weight is 439 g/mol. The van der Waals surface area contributed by atoms with Gasteiger partial charge in [-0.2, -0.15) is 5.10 Å². The normalized spacial score (nSPS) is 11.2. The Morgan fingerprint density at radius 1 is 0.903 bits per heavy atom. The number of sulfonamides is 1. The van der Waals surface area contributed by atoms with Gasteiger partial charge in [0.05, 0.1) is 25.3 Å². The third-order valence-corrected chi connectivity index (χ3v) is 5.60. The van der Waals surface area contributed by atoms with Crippen LogP contribution in [0.25, 0.3) is 0 Å². The smallest absolute Gasteiger partial charge is 0.271 e. The fourth-order valence-electron chi connectivity index (χ4n) is 2.63. The van der Waals surface area contributed by atoms with Crippen LogP contribution in [0.5, 0.6) is 11.5 Å². The fourth-order valence-corrected chi connectivity index (χ4v) is 3.73. The van der Waals surface area contributed by atoms with Crippen LogP contribution in [-0.2, 0) is 10.0 Å². The Bertz CT molecular complexity index is 1190. The number of carbonyl (C=O) groups excluding carboxylic acids is 1. The van der Waals surface area contributed by atoms with Gasteiger partial charge in [-0.1, -0.05) is 18.2 Å². The molecule has 0 fully saturated rings. The molecule has 3 aromatic rings. The molecule has 0 spiro atoms. The lowest BCUT2D eigenvalue weighted by molar-refractivity contribution is 0.0955. The van der Waals surface area contributed by atoms with Crippen molar-refractivity contribution in [2.75, 3.05) is 18.9 Å². The molecule has 0 heterocycles. The first-order valence-electron chi connectivity index (χ1n) is 9.16. The fraction of sp³-hybridized carbons (Fsp3) is 0.0909. The topological polar surface area (TPSA) is 106 Å². The zero-order chi connectivity index (χ0) is 22.3. The number of nitrogens with zero attached hydrogens (tertiary/aromatic N) is 1. The van der Waals surface area contributed by atoms with E-state index in [1.807, 2.05) is 0 Å². The molecule has 0 aliphatic carbocycles. The number of hydrogen-bond donors (Lipinski definition) is 2. The Labute approximate surface area is 180 Å². The molecule has 0 aliphatic heterocycles. The molecule has 0 saturated carbocycles. The van der Waals surface area contributed by atoms with Crippen molar-refractivity contribution in [3.8, 4) is 11.5 Å². The largest absolute Gasteiger partial charge is 0.497 e. The van der Waals surface area contributed by atoms with Gasteiger partial charge in [0.15, 0.2) is 0 Å². The van der Waals surface area contributed by atoms with E-state index in [0.29, 0.717) is 17.2 Å². The van der Waals surface area contributed by atoms with E-state index in [1.165, 1.54) is 37.6 Å². The second-order valence-corrected chi connectivity index (χ2v) is 8.02. The molecule has 1 amide bonds. The van der Waals surface area contributed by atoms with Gasteiger partial charge in [-0.05, 0) is 60.2 Å². The van der Waals surface area contributed by atoms with Crippen LogP contribution in [0.1, 0.15) is 15.9 Å². The van der Waals surface area contributed by atoms with Crippen molar-refractivity contribution in [3.05, 3.63) is 83.9 Å². The SMILES string of the molecule is COc1ccc(NS(=O)(=O)c2cccc(C(=O)N/N=C\c3cccc(OC)c3)c2)cc1. The van der Waals surface area contributed by atoms with E-state index in [2.05, 4.69) is 15.2 Å². The molecule has 0 aromatic heterocycles. The number of rotatable bonds is 8. The number of anilines is 1. The van der Waals surface area contributed by atoms with Gasteiger partial charge in [0.2, 0.25) is 0 Å². The Balaban J connectivity index is 1.70. The van der Waals surface area contributed by atoms with Crippen LogP contribution in [0.3, 0.4) is 0 Å². The summed E-state index contributed by atoms with van der Waals surface area (Å²) < 4.78 is 38.0. The van der Waals surface area contributed by atoms with Crippen molar-refractivity contribution in [1.29, 1.82) is 0 Å². The monoisotopic (exact) mass is 439 g/mol. The van der Waals surface area contributed by atoms with Gasteiger partial charge in [0.25, 0.3) is 15.9 Å². The molecule has 0 aliphatic rings. The number of methoxy groups -OCH3 is 2. The van der Waals surface area contributed by atoms with Crippen molar-refractivity contribution in [2.24, 2.45) is 5.10 Å². The van der Waals surface area contributed by atoms with Crippen molar-refractivity contribution in [2.45, 2.75) is 4.90 Å². The van der Waals surface area contributed by atoms with Crippen molar-refractivity contribution in [1.82, 2.24) is 5.43 Å². The van der Waals surface area contributed by atoms with Crippen LogP contribution in [-0.4, -0.2) is 34.8 Å². The lowest BCUT2D eigenvalue weighted by Crippen LogP contribution is -2.19.